The molecule has 0 saturated carbocycles. The van der Waals surface area contributed by atoms with Crippen LogP contribution >= 0.6 is 17.0 Å². The number of ether oxygens (including phenoxy) is 2. The lowest BCUT2D eigenvalue weighted by atomic mass is 9.84. The van der Waals surface area contributed by atoms with Crippen LogP contribution in [0.3, 0.4) is 0 Å². The molecular formula is C33H44BrFN4O6. The van der Waals surface area contributed by atoms with E-state index in [1.54, 1.807) is 23.1 Å². The van der Waals surface area contributed by atoms with E-state index in [4.69, 9.17) is 20.0 Å². The topological polar surface area (TPSA) is 132 Å². The summed E-state index contributed by atoms with van der Waals surface area (Å²) in [5.41, 5.74) is 3.18. The van der Waals surface area contributed by atoms with E-state index in [1.165, 1.54) is 7.05 Å². The third-order valence-electron chi connectivity index (χ3n) is 7.95. The lowest BCUT2D eigenvalue weighted by molar-refractivity contribution is -0.137. The van der Waals surface area contributed by atoms with Crippen LogP contribution in [0.4, 0.5) is 10.1 Å². The molecular weight excluding hydrogens is 647 g/mol. The predicted octanol–water partition coefficient (Wildman–Crippen LogP) is 5.53. The maximum absolute atomic E-state index is 14.4. The Morgan fingerprint density at radius 1 is 1.13 bits per heavy atom. The summed E-state index contributed by atoms with van der Waals surface area (Å²) >= 11 is 0. The highest BCUT2D eigenvalue weighted by Gasteiger charge is 2.33. The summed E-state index contributed by atoms with van der Waals surface area (Å²) in [6.07, 6.45) is 0.475. The number of rotatable bonds is 13. The van der Waals surface area contributed by atoms with Gasteiger partial charge in [0.15, 0.2) is 5.78 Å². The third-order valence-corrected chi connectivity index (χ3v) is 7.95. The first-order valence-electron chi connectivity index (χ1n) is 15.1. The second-order valence-corrected chi connectivity index (χ2v) is 12.3. The van der Waals surface area contributed by atoms with Gasteiger partial charge in [-0.05, 0) is 61.4 Å². The number of Topliss-reactive ketones (excluding diaryl/α,β-unsaturated/α-hetero) is 1. The van der Waals surface area contributed by atoms with Gasteiger partial charge in [0.05, 0.1) is 31.0 Å². The maximum Gasteiger partial charge on any atom is 0.303 e. The van der Waals surface area contributed by atoms with E-state index in [9.17, 15) is 18.8 Å². The summed E-state index contributed by atoms with van der Waals surface area (Å²) < 4.78 is 26.3. The molecule has 2 aromatic carbocycles. The van der Waals surface area contributed by atoms with Crippen molar-refractivity contribution < 1.29 is 33.4 Å². The summed E-state index contributed by atoms with van der Waals surface area (Å²) in [7, 11) is 1.54. The summed E-state index contributed by atoms with van der Waals surface area (Å²) in [6.45, 7) is 9.51. The molecule has 1 unspecified atom stereocenters. The number of anilines is 1. The number of nitrogens with zero attached hydrogens (tertiary/aromatic N) is 2. The Morgan fingerprint density at radius 3 is 2.47 bits per heavy atom. The number of unbranched alkanes of at least 4 members (excludes halogenated alkanes) is 1. The molecule has 0 aliphatic carbocycles. The molecule has 1 saturated heterocycles. The lowest BCUT2D eigenvalue weighted by Gasteiger charge is -2.30. The number of hydrogen-bond acceptors (Lipinski definition) is 7. The number of amides is 1. The summed E-state index contributed by atoms with van der Waals surface area (Å²) in [4.78, 5) is 40.9. The molecule has 0 radical (unpaired) electrons. The van der Waals surface area contributed by atoms with Crippen molar-refractivity contribution in [1.82, 2.24) is 10.2 Å². The van der Waals surface area contributed by atoms with Crippen molar-refractivity contribution >= 4 is 46.2 Å². The Labute approximate surface area is 274 Å². The number of benzene rings is 2. The smallest absolute Gasteiger partial charge is 0.303 e. The summed E-state index contributed by atoms with van der Waals surface area (Å²) in [5, 5.41) is 20.4. The van der Waals surface area contributed by atoms with Gasteiger partial charge in [0.25, 0.3) is 5.91 Å². The molecule has 2 aliphatic rings. The normalized spacial score (nSPS) is 15.9. The highest BCUT2D eigenvalue weighted by atomic mass is 79.9. The van der Waals surface area contributed by atoms with Crippen LogP contribution in [0.2, 0.25) is 0 Å². The van der Waals surface area contributed by atoms with Crippen LogP contribution in [-0.2, 0) is 16.8 Å². The van der Waals surface area contributed by atoms with Crippen molar-refractivity contribution in [2.24, 2.45) is 0 Å². The first-order chi connectivity index (χ1) is 20.8. The number of halogens is 2. The fraction of sp³-hybridized carbons (Fsp3) is 0.515. The van der Waals surface area contributed by atoms with E-state index < -0.39 is 17.6 Å². The molecule has 1 atom stereocenters. The minimum Gasteiger partial charge on any atom is -0.493 e. The molecule has 2 aromatic rings. The molecule has 246 valence electrons. The fourth-order valence-corrected chi connectivity index (χ4v) is 5.62. The number of nitrogens with one attached hydrogen (secondary N) is 2. The zero-order chi connectivity index (χ0) is 32.2. The second-order valence-electron chi connectivity index (χ2n) is 12.3. The van der Waals surface area contributed by atoms with Gasteiger partial charge >= 0.3 is 5.97 Å². The lowest BCUT2D eigenvalue weighted by Crippen LogP contribution is -2.31. The number of hydrogen-bond donors (Lipinski definition) is 3. The van der Waals surface area contributed by atoms with Gasteiger partial charge in [-0.15, -0.1) is 17.0 Å². The van der Waals surface area contributed by atoms with Crippen molar-refractivity contribution in [3.63, 3.8) is 0 Å². The van der Waals surface area contributed by atoms with Gasteiger partial charge < -0.3 is 29.7 Å². The molecule has 0 aromatic heterocycles. The van der Waals surface area contributed by atoms with Crippen molar-refractivity contribution in [2.75, 3.05) is 44.8 Å². The van der Waals surface area contributed by atoms with Gasteiger partial charge in [-0.25, -0.2) is 4.39 Å². The molecule has 0 spiro atoms. The Hall–Kier alpha value is -3.67. The zero-order valence-electron chi connectivity index (χ0n) is 26.6. The average molecular weight is 692 g/mol. The van der Waals surface area contributed by atoms with E-state index in [0.717, 1.165) is 11.1 Å². The van der Waals surface area contributed by atoms with Gasteiger partial charge in [-0.2, -0.15) is 0 Å². The van der Waals surface area contributed by atoms with Crippen LogP contribution in [0.5, 0.6) is 11.5 Å². The Kier molecular flexibility index (Phi) is 12.0. The SMILES string of the molecule is Br.CCOc1cc2c(cc1C(=O)NC)C(=N)N(CC(=O)c1cc(N3CCC(F)C3)c(OCCCCC(=O)O)c(C(C)(C)C)c1)C2. The van der Waals surface area contributed by atoms with Crippen LogP contribution in [0.25, 0.3) is 0 Å². The van der Waals surface area contributed by atoms with Gasteiger partial charge in [-0.1, -0.05) is 20.8 Å². The van der Waals surface area contributed by atoms with Gasteiger partial charge in [-0.3, -0.25) is 19.8 Å². The van der Waals surface area contributed by atoms with E-state index in [1.807, 2.05) is 38.7 Å². The third kappa shape index (κ3) is 8.33. The van der Waals surface area contributed by atoms with E-state index in [0.29, 0.717) is 79.4 Å². The molecule has 2 heterocycles. The maximum atomic E-state index is 14.4. The van der Waals surface area contributed by atoms with Crippen LogP contribution in [-0.4, -0.2) is 79.6 Å². The number of carbonyl (C=O) groups excluding carboxylic acids is 2. The average Bonchev–Trinajstić information content (AvgIpc) is 3.53. The standard InChI is InChI=1S/C33H43FN4O6.BrH/c1-6-43-28-15-21-17-38(31(35)23(21)16-24(28)32(42)36-5)19-27(39)20-13-25(33(2,3)4)30(44-12-8-7-9-29(40)41)26(14-20)37-11-10-22(34)18-37;/h13-16,22,35H,6-12,17-19H2,1-5H3,(H,36,42)(H,40,41);1H. The Morgan fingerprint density at radius 2 is 1.87 bits per heavy atom. The first kappa shape index (κ1) is 35.8. The number of carboxylic acids is 1. The number of ketones is 1. The van der Waals surface area contributed by atoms with Crippen molar-refractivity contribution in [3.8, 4) is 11.5 Å². The Bertz CT molecular complexity index is 1440. The molecule has 0 bridgehead atoms. The number of amidine groups is 1. The highest BCUT2D eigenvalue weighted by molar-refractivity contribution is 8.93. The summed E-state index contributed by atoms with van der Waals surface area (Å²) in [6, 6.07) is 6.99. The number of carboxylic acid groups (broad SMARTS) is 1. The van der Waals surface area contributed by atoms with Gasteiger partial charge in [0.1, 0.15) is 23.5 Å². The van der Waals surface area contributed by atoms with Crippen molar-refractivity contribution in [1.29, 1.82) is 5.41 Å². The quantitative estimate of drug-likeness (QED) is 0.185. The molecule has 1 amide bonds. The number of aliphatic carboxylic acids is 1. The first-order valence-corrected chi connectivity index (χ1v) is 15.1. The number of carbonyl (C=O) groups is 3. The Balaban J connectivity index is 0.00000552. The van der Waals surface area contributed by atoms with Crippen molar-refractivity contribution in [3.05, 3.63) is 52.1 Å². The largest absolute Gasteiger partial charge is 0.493 e. The minimum absolute atomic E-state index is 0. The van der Waals surface area contributed by atoms with E-state index in [2.05, 4.69) is 5.32 Å². The van der Waals surface area contributed by atoms with Crippen molar-refractivity contribution in [2.45, 2.75) is 71.5 Å². The highest BCUT2D eigenvalue weighted by Crippen LogP contribution is 2.42. The van der Waals surface area contributed by atoms with Crippen LogP contribution < -0.4 is 19.7 Å². The molecule has 12 heteroatoms. The van der Waals surface area contributed by atoms with Gasteiger partial charge in [0, 0.05) is 49.8 Å². The van der Waals surface area contributed by atoms with Crippen LogP contribution in [0.1, 0.15) is 90.8 Å². The number of alkyl halides is 1. The van der Waals surface area contributed by atoms with E-state index >= 15 is 0 Å². The molecule has 2 aliphatic heterocycles. The monoisotopic (exact) mass is 690 g/mol. The van der Waals surface area contributed by atoms with Gasteiger partial charge in [0.2, 0.25) is 0 Å². The molecule has 4 rings (SSSR count). The molecule has 10 nitrogen and oxygen atoms in total. The predicted molar refractivity (Wildman–Crippen MR) is 177 cm³/mol. The second kappa shape index (κ2) is 15.1. The minimum atomic E-state index is -0.985. The fourth-order valence-electron chi connectivity index (χ4n) is 5.62. The summed E-state index contributed by atoms with van der Waals surface area (Å²) in [5.74, 6) is -0.201. The van der Waals surface area contributed by atoms with E-state index in [-0.39, 0.29) is 54.0 Å². The molecule has 1 fully saturated rings. The molecule has 45 heavy (non-hydrogen) atoms. The molecule has 3 N–H and O–H groups in total. The van der Waals surface area contributed by atoms with Crippen LogP contribution in [0.15, 0.2) is 24.3 Å². The number of fused-ring (bicyclic) bond motifs is 1. The zero-order valence-corrected chi connectivity index (χ0v) is 28.3. The van der Waals surface area contributed by atoms with Crippen LogP contribution in [0, 0.1) is 5.41 Å².